The molecule has 1 aliphatic heterocycles. The molecule has 0 bridgehead atoms. The molecule has 1 fully saturated rings. The van der Waals surface area contributed by atoms with Crippen LogP contribution >= 0.6 is 0 Å². The van der Waals surface area contributed by atoms with Gasteiger partial charge in [-0.2, -0.15) is 0 Å². The Morgan fingerprint density at radius 3 is 2.58 bits per heavy atom. The van der Waals surface area contributed by atoms with E-state index in [1.807, 2.05) is 19.9 Å². The number of carboxylic acids is 2. The zero-order valence-electron chi connectivity index (χ0n) is 24.1. The van der Waals surface area contributed by atoms with Crippen LogP contribution in [-0.2, 0) is 25.7 Å². The molecule has 2 aromatic rings. The molecule has 0 radical (unpaired) electrons. The molecule has 3 aliphatic rings. The molecule has 2 aliphatic carbocycles. The lowest BCUT2D eigenvalue weighted by Gasteiger charge is -2.43. The fourth-order valence-electron chi connectivity index (χ4n) is 6.39. The maximum absolute atomic E-state index is 14.4. The third-order valence-electron chi connectivity index (χ3n) is 8.51. The predicted octanol–water partition coefficient (Wildman–Crippen LogP) is 4.71. The number of aliphatic imine (C=N–C) groups is 2. The van der Waals surface area contributed by atoms with E-state index in [-0.39, 0.29) is 35.3 Å². The number of allylic oxidation sites excluding steroid dienone is 1. The summed E-state index contributed by atoms with van der Waals surface area (Å²) in [6, 6.07) is 9.19. The molecule has 4 atom stereocenters. The van der Waals surface area contributed by atoms with Crippen LogP contribution in [-0.4, -0.2) is 58.8 Å². The van der Waals surface area contributed by atoms with Crippen LogP contribution < -0.4 is 10.2 Å². The number of benzene rings is 2. The van der Waals surface area contributed by atoms with Gasteiger partial charge in [0.2, 0.25) is 0 Å². The number of aryl methyl sites for hydroxylation is 1. The highest BCUT2D eigenvalue weighted by Crippen LogP contribution is 2.40. The van der Waals surface area contributed by atoms with Crippen molar-refractivity contribution in [3.8, 4) is 0 Å². The Labute approximate surface area is 248 Å². The first kappa shape index (κ1) is 29.9. The summed E-state index contributed by atoms with van der Waals surface area (Å²) in [6.45, 7) is 4.62. The minimum atomic E-state index is -1.52. The van der Waals surface area contributed by atoms with E-state index in [0.717, 1.165) is 30.5 Å². The van der Waals surface area contributed by atoms with Crippen LogP contribution in [0, 0.1) is 12.8 Å². The highest BCUT2D eigenvalue weighted by atomic mass is 19.3. The van der Waals surface area contributed by atoms with Gasteiger partial charge in [0.15, 0.2) is 11.8 Å². The quantitative estimate of drug-likeness (QED) is 0.282. The van der Waals surface area contributed by atoms with Crippen LogP contribution in [0.4, 0.5) is 10.2 Å². The number of hydrogen-bond acceptors (Lipinski definition) is 8. The molecule has 1 heterocycles. The summed E-state index contributed by atoms with van der Waals surface area (Å²) in [4.78, 5) is 51.9. The number of anilines is 1. The summed E-state index contributed by atoms with van der Waals surface area (Å²) >= 11 is 0. The summed E-state index contributed by atoms with van der Waals surface area (Å²) < 4.78 is 14.4. The van der Waals surface area contributed by atoms with E-state index in [1.54, 1.807) is 18.5 Å². The maximum Gasteiger partial charge on any atom is 0.333 e. The number of Topliss-reactive ketones (excluding diaryl/α,β-unsaturated/α-hetero) is 1. The molecule has 0 aromatic heterocycles. The number of carbonyl (C=O) groups excluding carboxylic acids is 1. The van der Waals surface area contributed by atoms with Crippen LogP contribution in [0.2, 0.25) is 0 Å². The van der Waals surface area contributed by atoms with E-state index in [4.69, 9.17) is 5.11 Å². The Bertz CT molecular complexity index is 1500. The zero-order valence-corrected chi connectivity index (χ0v) is 24.1. The summed E-state index contributed by atoms with van der Waals surface area (Å²) in [6.07, 6.45) is 4.84. The standard InChI is InChI=1S/C32H35FN4O6/c1-18-3-10-24(31(43-33)36-29(32(41)42)21-7-5-20(6-8-21)14-28(39)40)26(13-18)37(30-19(2)4-12-27(30)38)23-9-11-25-22(15-23)16-34-17-35-25/h3,5-8,10,13,17,19,23,29-30H,4,9,11-12,14-16H2,1-2H3,(H,34,35)(H,39,40)(H,41,42)/t19?,23?,29-,30?/m0/s1. The van der Waals surface area contributed by atoms with Gasteiger partial charge in [0, 0.05) is 29.2 Å². The number of carboxylic acid groups (broad SMARTS) is 2. The van der Waals surface area contributed by atoms with Crippen molar-refractivity contribution in [2.45, 2.75) is 70.5 Å². The van der Waals surface area contributed by atoms with Gasteiger partial charge in [-0.05, 0) is 72.9 Å². The van der Waals surface area contributed by atoms with Crippen molar-refractivity contribution in [2.75, 3.05) is 11.4 Å². The molecule has 1 saturated carbocycles. The van der Waals surface area contributed by atoms with Crippen molar-refractivity contribution in [1.82, 2.24) is 5.32 Å². The molecular formula is C32H35FN4O6. The van der Waals surface area contributed by atoms with Crippen LogP contribution in [0.1, 0.15) is 67.3 Å². The van der Waals surface area contributed by atoms with Crippen molar-refractivity contribution in [3.63, 3.8) is 0 Å². The molecular weight excluding hydrogens is 555 g/mol. The van der Waals surface area contributed by atoms with Gasteiger partial charge >= 0.3 is 11.9 Å². The molecule has 226 valence electrons. The van der Waals surface area contributed by atoms with Crippen LogP contribution in [0.15, 0.2) is 63.7 Å². The number of nitrogens with one attached hydrogen (secondary N) is 1. The summed E-state index contributed by atoms with van der Waals surface area (Å²) in [5.41, 5.74) is 4.63. The average molecular weight is 591 g/mol. The first-order valence-corrected chi connectivity index (χ1v) is 14.4. The van der Waals surface area contributed by atoms with Crippen molar-refractivity contribution in [3.05, 3.63) is 76.0 Å². The smallest absolute Gasteiger partial charge is 0.333 e. The molecule has 3 N–H and O–H groups in total. The fraction of sp³-hybridized carbons (Fsp3) is 0.406. The lowest BCUT2D eigenvalue weighted by Crippen LogP contribution is -2.50. The third kappa shape index (κ3) is 6.45. The number of nitrogens with zero attached hydrogens (tertiary/aromatic N) is 3. The fourth-order valence-corrected chi connectivity index (χ4v) is 6.39. The van der Waals surface area contributed by atoms with Gasteiger partial charge in [-0.3, -0.25) is 14.5 Å². The second-order valence-electron chi connectivity index (χ2n) is 11.5. The number of ketones is 1. The Morgan fingerprint density at radius 1 is 1.16 bits per heavy atom. The number of hydrogen-bond donors (Lipinski definition) is 3. The minimum Gasteiger partial charge on any atom is -0.481 e. The van der Waals surface area contributed by atoms with Gasteiger partial charge in [-0.15, -0.1) is 0 Å². The normalized spacial score (nSPS) is 22.5. The van der Waals surface area contributed by atoms with Crippen molar-refractivity contribution in [2.24, 2.45) is 15.9 Å². The van der Waals surface area contributed by atoms with Crippen LogP contribution in [0.3, 0.4) is 0 Å². The van der Waals surface area contributed by atoms with E-state index in [1.165, 1.54) is 29.8 Å². The highest BCUT2D eigenvalue weighted by molar-refractivity contribution is 6.02. The zero-order chi connectivity index (χ0) is 30.7. The first-order chi connectivity index (χ1) is 20.7. The van der Waals surface area contributed by atoms with Gasteiger partial charge in [0.25, 0.3) is 5.90 Å². The van der Waals surface area contributed by atoms with Gasteiger partial charge in [-0.1, -0.05) is 37.3 Å². The number of aliphatic carboxylic acids is 2. The number of halogens is 1. The SMILES string of the molecule is Cc1ccc(C(=N[C@H](C(=O)O)c2ccc(CC(=O)O)cc2)OF)c(N(C2CCC3=C(CNC=N3)C2)C2C(=O)CCC2C)c1. The molecule has 0 spiro atoms. The van der Waals surface area contributed by atoms with Crippen LogP contribution in [0.25, 0.3) is 0 Å². The summed E-state index contributed by atoms with van der Waals surface area (Å²) in [5, 5.41) is 22.3. The van der Waals surface area contributed by atoms with Crippen molar-refractivity contribution < 1.29 is 34.1 Å². The molecule has 5 rings (SSSR count). The Morgan fingerprint density at radius 2 is 1.93 bits per heavy atom. The Balaban J connectivity index is 1.59. The molecule has 2 aromatic carbocycles. The summed E-state index contributed by atoms with van der Waals surface area (Å²) in [7, 11) is 0. The van der Waals surface area contributed by atoms with E-state index >= 15 is 0 Å². The van der Waals surface area contributed by atoms with E-state index in [0.29, 0.717) is 30.6 Å². The minimum absolute atomic E-state index is 0.0570. The molecule has 0 amide bonds. The second kappa shape index (κ2) is 12.8. The van der Waals surface area contributed by atoms with Gasteiger partial charge in [-0.25, -0.2) is 14.8 Å². The Hall–Kier alpha value is -4.54. The number of carbonyl (C=O) groups is 3. The lowest BCUT2D eigenvalue weighted by molar-refractivity contribution is -0.139. The van der Waals surface area contributed by atoms with E-state index in [2.05, 4.69) is 25.1 Å². The van der Waals surface area contributed by atoms with Gasteiger partial charge in [0.05, 0.1) is 30.1 Å². The Kier molecular flexibility index (Phi) is 8.89. The van der Waals surface area contributed by atoms with E-state index in [9.17, 15) is 24.0 Å². The topological polar surface area (TPSA) is 141 Å². The molecule has 11 heteroatoms. The molecule has 0 saturated heterocycles. The molecule has 10 nitrogen and oxygen atoms in total. The van der Waals surface area contributed by atoms with Crippen molar-refractivity contribution in [1.29, 1.82) is 0 Å². The predicted molar refractivity (Wildman–Crippen MR) is 159 cm³/mol. The summed E-state index contributed by atoms with van der Waals surface area (Å²) in [5.74, 6) is -2.69. The largest absolute Gasteiger partial charge is 0.481 e. The molecule has 43 heavy (non-hydrogen) atoms. The first-order valence-electron chi connectivity index (χ1n) is 14.4. The molecule has 3 unspecified atom stereocenters. The lowest BCUT2D eigenvalue weighted by atomic mass is 9.87. The number of rotatable bonds is 9. The third-order valence-corrected chi connectivity index (χ3v) is 8.51. The maximum atomic E-state index is 14.4. The monoisotopic (exact) mass is 590 g/mol. The second-order valence-corrected chi connectivity index (χ2v) is 11.5. The van der Waals surface area contributed by atoms with Gasteiger partial charge in [0.1, 0.15) is 0 Å². The van der Waals surface area contributed by atoms with Crippen molar-refractivity contribution >= 4 is 35.6 Å². The van der Waals surface area contributed by atoms with Gasteiger partial charge < -0.3 is 20.4 Å². The van der Waals surface area contributed by atoms with Crippen LogP contribution in [0.5, 0.6) is 0 Å². The highest BCUT2D eigenvalue weighted by Gasteiger charge is 2.42. The average Bonchev–Trinajstić information content (AvgIpc) is 3.31. The van der Waals surface area contributed by atoms with E-state index < -0.39 is 29.9 Å².